The van der Waals surface area contributed by atoms with Gasteiger partial charge in [-0.1, -0.05) is 27.3 Å². The first-order valence-electron chi connectivity index (χ1n) is 13.6. The van der Waals surface area contributed by atoms with E-state index in [4.69, 9.17) is 14.5 Å². The van der Waals surface area contributed by atoms with Crippen molar-refractivity contribution < 1.29 is 14.3 Å². The van der Waals surface area contributed by atoms with E-state index in [9.17, 15) is 9.59 Å². The number of fused-ring (bicyclic) bond motifs is 1. The third kappa shape index (κ3) is 5.25. The first kappa shape index (κ1) is 29.6. The van der Waals surface area contributed by atoms with Gasteiger partial charge in [-0.15, -0.1) is 0 Å². The van der Waals surface area contributed by atoms with E-state index in [0.29, 0.717) is 31.9 Å². The molecule has 0 radical (unpaired) electrons. The van der Waals surface area contributed by atoms with E-state index in [2.05, 4.69) is 62.7 Å². The summed E-state index contributed by atoms with van der Waals surface area (Å²) in [7, 11) is 5.61. The standard InChI is InChI=1S/C32H33BrN4O4S/c1-8-41-31(39)28-19(3)34-32-37(29(28)25-17-22(33)9-14-26(25)40-7)30(38)27(42-32)16-21-15-18(2)36(20(21)4)24-12-10-23(11-13-24)35(5)6/h9-17,29H,8H2,1-7H3/b27-16-/t29-/m1/s1. The Labute approximate surface area is 257 Å². The highest BCUT2D eigenvalue weighted by molar-refractivity contribution is 9.10. The van der Waals surface area contributed by atoms with Crippen molar-refractivity contribution in [1.29, 1.82) is 0 Å². The first-order valence-corrected chi connectivity index (χ1v) is 15.2. The molecule has 0 spiro atoms. The molecule has 42 heavy (non-hydrogen) atoms. The molecule has 218 valence electrons. The second kappa shape index (κ2) is 11.8. The summed E-state index contributed by atoms with van der Waals surface area (Å²) in [6.07, 6.45) is 1.91. The number of rotatable bonds is 7. The molecule has 0 unspecified atom stereocenters. The van der Waals surface area contributed by atoms with Gasteiger partial charge >= 0.3 is 5.97 Å². The van der Waals surface area contributed by atoms with Gasteiger partial charge < -0.3 is 18.9 Å². The van der Waals surface area contributed by atoms with Gasteiger partial charge in [-0.25, -0.2) is 9.79 Å². The quantitative estimate of drug-likeness (QED) is 0.262. The second-order valence-electron chi connectivity index (χ2n) is 10.3. The molecule has 0 bridgehead atoms. The number of carbonyl (C=O) groups excluding carboxylic acids is 1. The van der Waals surface area contributed by atoms with Crippen LogP contribution in [0.4, 0.5) is 5.69 Å². The van der Waals surface area contributed by atoms with Crippen molar-refractivity contribution in [3.8, 4) is 11.4 Å². The Morgan fingerprint density at radius 1 is 1.12 bits per heavy atom. The maximum Gasteiger partial charge on any atom is 0.338 e. The van der Waals surface area contributed by atoms with Crippen LogP contribution in [0, 0.1) is 13.8 Å². The van der Waals surface area contributed by atoms with Crippen LogP contribution in [-0.4, -0.2) is 42.9 Å². The molecule has 5 rings (SSSR count). The monoisotopic (exact) mass is 648 g/mol. The molecule has 0 amide bonds. The van der Waals surface area contributed by atoms with Gasteiger partial charge in [-0.05, 0) is 87.9 Å². The minimum Gasteiger partial charge on any atom is -0.496 e. The lowest BCUT2D eigenvalue weighted by Gasteiger charge is -2.26. The summed E-state index contributed by atoms with van der Waals surface area (Å²) in [5.41, 5.74) is 6.43. The topological polar surface area (TPSA) is 78.1 Å². The smallest absolute Gasteiger partial charge is 0.338 e. The number of hydrogen-bond acceptors (Lipinski definition) is 7. The van der Waals surface area contributed by atoms with Crippen molar-refractivity contribution in [2.75, 3.05) is 32.7 Å². The lowest BCUT2D eigenvalue weighted by Crippen LogP contribution is -2.40. The number of allylic oxidation sites excluding steroid dienone is 1. The number of aromatic nitrogens is 2. The lowest BCUT2D eigenvalue weighted by atomic mass is 9.95. The van der Waals surface area contributed by atoms with Crippen molar-refractivity contribution in [1.82, 2.24) is 9.13 Å². The molecule has 0 saturated heterocycles. The summed E-state index contributed by atoms with van der Waals surface area (Å²) in [6, 6.07) is 15.2. The largest absolute Gasteiger partial charge is 0.496 e. The number of methoxy groups -OCH3 is 1. The van der Waals surface area contributed by atoms with Gasteiger partial charge in [-0.2, -0.15) is 0 Å². The van der Waals surface area contributed by atoms with E-state index in [1.54, 1.807) is 25.5 Å². The van der Waals surface area contributed by atoms with Gasteiger partial charge in [0.25, 0.3) is 5.56 Å². The normalized spacial score (nSPS) is 15.0. The van der Waals surface area contributed by atoms with Gasteiger partial charge in [-0.3, -0.25) is 9.36 Å². The zero-order valence-electron chi connectivity index (χ0n) is 24.7. The molecular weight excluding hydrogens is 616 g/mol. The molecular formula is C32H33BrN4O4S. The van der Waals surface area contributed by atoms with Gasteiger partial charge in [0.2, 0.25) is 0 Å². The maximum atomic E-state index is 14.1. The molecule has 8 nitrogen and oxygen atoms in total. The molecule has 0 saturated carbocycles. The molecule has 4 aromatic rings. The summed E-state index contributed by atoms with van der Waals surface area (Å²) >= 11 is 4.85. The van der Waals surface area contributed by atoms with E-state index < -0.39 is 12.0 Å². The Hall–Kier alpha value is -3.89. The number of benzene rings is 2. The van der Waals surface area contributed by atoms with Crippen LogP contribution in [0.25, 0.3) is 11.8 Å². The SMILES string of the molecule is CCOC(=O)C1=C(C)N=c2s/c(=C\c3cc(C)n(-c4ccc(N(C)C)cc4)c3C)c(=O)n2[C@@H]1c1cc(Br)ccc1OC. The number of nitrogens with zero attached hydrogens (tertiary/aromatic N) is 4. The molecule has 2 aromatic heterocycles. The number of anilines is 1. The molecule has 3 heterocycles. The van der Waals surface area contributed by atoms with Crippen LogP contribution in [0.5, 0.6) is 5.75 Å². The fourth-order valence-electron chi connectivity index (χ4n) is 5.38. The van der Waals surface area contributed by atoms with Crippen molar-refractivity contribution in [3.05, 3.63) is 106 Å². The Balaban J connectivity index is 1.69. The van der Waals surface area contributed by atoms with Crippen LogP contribution < -0.4 is 24.5 Å². The number of halogens is 1. The highest BCUT2D eigenvalue weighted by atomic mass is 79.9. The molecule has 0 fully saturated rings. The third-order valence-corrected chi connectivity index (χ3v) is 8.86. The van der Waals surface area contributed by atoms with Crippen LogP contribution in [0.1, 0.15) is 42.4 Å². The predicted octanol–water partition coefficient (Wildman–Crippen LogP) is 5.04. The van der Waals surface area contributed by atoms with E-state index in [0.717, 1.165) is 32.8 Å². The van der Waals surface area contributed by atoms with Gasteiger partial charge in [0.1, 0.15) is 11.8 Å². The number of esters is 1. The molecule has 1 aliphatic heterocycles. The summed E-state index contributed by atoms with van der Waals surface area (Å²) < 4.78 is 16.2. The summed E-state index contributed by atoms with van der Waals surface area (Å²) in [4.78, 5) is 34.7. The van der Waals surface area contributed by atoms with E-state index >= 15 is 0 Å². The van der Waals surface area contributed by atoms with Crippen LogP contribution in [0.2, 0.25) is 0 Å². The maximum absolute atomic E-state index is 14.1. The lowest BCUT2D eigenvalue weighted by molar-refractivity contribution is -0.139. The van der Waals surface area contributed by atoms with E-state index in [-0.39, 0.29) is 12.2 Å². The van der Waals surface area contributed by atoms with Crippen molar-refractivity contribution in [2.45, 2.75) is 33.7 Å². The average molecular weight is 650 g/mol. The molecule has 1 aliphatic rings. The number of ether oxygens (including phenoxy) is 2. The zero-order valence-corrected chi connectivity index (χ0v) is 27.1. The van der Waals surface area contributed by atoms with Crippen molar-refractivity contribution in [2.24, 2.45) is 4.99 Å². The molecule has 2 aromatic carbocycles. The predicted molar refractivity (Wildman–Crippen MR) is 171 cm³/mol. The van der Waals surface area contributed by atoms with Crippen LogP contribution in [-0.2, 0) is 9.53 Å². The Morgan fingerprint density at radius 2 is 1.83 bits per heavy atom. The highest BCUT2D eigenvalue weighted by Crippen LogP contribution is 2.37. The van der Waals surface area contributed by atoms with Crippen LogP contribution in [0.3, 0.4) is 0 Å². The molecule has 1 atom stereocenters. The van der Waals surface area contributed by atoms with Gasteiger partial charge in [0, 0.05) is 46.9 Å². The summed E-state index contributed by atoms with van der Waals surface area (Å²) in [6.45, 7) is 7.84. The Morgan fingerprint density at radius 3 is 2.48 bits per heavy atom. The van der Waals surface area contributed by atoms with Crippen molar-refractivity contribution in [3.63, 3.8) is 0 Å². The molecule has 0 N–H and O–H groups in total. The Kier molecular flexibility index (Phi) is 8.30. The van der Waals surface area contributed by atoms with E-state index in [1.165, 1.54) is 11.3 Å². The summed E-state index contributed by atoms with van der Waals surface area (Å²) in [5, 5.41) is 0. The average Bonchev–Trinajstić information content (AvgIpc) is 3.41. The fourth-order valence-corrected chi connectivity index (χ4v) is 6.79. The minimum absolute atomic E-state index is 0.204. The number of thiazole rings is 1. The molecule has 10 heteroatoms. The summed E-state index contributed by atoms with van der Waals surface area (Å²) in [5.74, 6) is 0.0435. The number of aryl methyl sites for hydroxylation is 1. The van der Waals surface area contributed by atoms with Gasteiger partial charge in [0.15, 0.2) is 4.80 Å². The molecule has 0 aliphatic carbocycles. The number of carbonyl (C=O) groups is 1. The highest BCUT2D eigenvalue weighted by Gasteiger charge is 2.35. The van der Waals surface area contributed by atoms with Crippen molar-refractivity contribution >= 4 is 45.0 Å². The van der Waals surface area contributed by atoms with Crippen LogP contribution >= 0.6 is 27.3 Å². The first-order chi connectivity index (χ1) is 20.0. The number of hydrogen-bond donors (Lipinski definition) is 0. The Bertz CT molecular complexity index is 1900. The zero-order chi connectivity index (χ0) is 30.3. The second-order valence-corrected chi connectivity index (χ2v) is 12.2. The van der Waals surface area contributed by atoms with E-state index in [1.807, 2.05) is 45.3 Å². The third-order valence-electron chi connectivity index (χ3n) is 7.38. The minimum atomic E-state index is -0.766. The van der Waals surface area contributed by atoms with Crippen LogP contribution in [0.15, 0.2) is 74.1 Å². The van der Waals surface area contributed by atoms with Gasteiger partial charge in [0.05, 0.1) is 29.5 Å². The fraction of sp³-hybridized carbons (Fsp3) is 0.281.